The Bertz CT molecular complexity index is 1300. The van der Waals surface area contributed by atoms with Gasteiger partial charge in [0.2, 0.25) is 0 Å². The maximum absolute atomic E-state index is 14.2. The van der Waals surface area contributed by atoms with Gasteiger partial charge in [-0.05, 0) is 67.5 Å². The van der Waals surface area contributed by atoms with E-state index in [4.69, 9.17) is 4.74 Å². The molecule has 0 unspecified atom stereocenters. The third-order valence-corrected chi connectivity index (χ3v) is 7.35. The van der Waals surface area contributed by atoms with Crippen LogP contribution in [0.15, 0.2) is 36.4 Å². The number of nitrogens with zero attached hydrogens (tertiary/aromatic N) is 1. The van der Waals surface area contributed by atoms with Gasteiger partial charge in [0.25, 0.3) is 0 Å². The maximum Gasteiger partial charge on any atom is 0.404 e. The average Bonchev–Trinajstić information content (AvgIpc) is 3.08. The number of carbonyl (C=O) groups is 1. The minimum absolute atomic E-state index is 0.112. The summed E-state index contributed by atoms with van der Waals surface area (Å²) in [4.78, 5) is 11.7. The Hall–Kier alpha value is -3.14. The first-order valence-electron chi connectivity index (χ1n) is 11.2. The van der Waals surface area contributed by atoms with Crippen molar-refractivity contribution < 1.29 is 41.7 Å². The summed E-state index contributed by atoms with van der Waals surface area (Å²) in [5, 5.41) is 20.1. The topological polar surface area (TPSA) is 71.7 Å². The van der Waals surface area contributed by atoms with E-state index in [-0.39, 0.29) is 17.4 Å². The number of aliphatic carboxylic acids is 1. The van der Waals surface area contributed by atoms with Crippen LogP contribution in [0.2, 0.25) is 0 Å². The quantitative estimate of drug-likeness (QED) is 0.435. The first kappa shape index (κ1) is 23.6. The van der Waals surface area contributed by atoms with Crippen LogP contribution >= 0.6 is 0 Å². The van der Waals surface area contributed by atoms with Crippen molar-refractivity contribution in [2.45, 2.75) is 43.7 Å². The Labute approximate surface area is 196 Å². The second kappa shape index (κ2) is 8.22. The van der Waals surface area contributed by atoms with Crippen LogP contribution in [0.1, 0.15) is 48.8 Å². The molecular weight excluding hydrogens is 473 g/mol. The zero-order valence-electron chi connectivity index (χ0n) is 18.4. The van der Waals surface area contributed by atoms with Gasteiger partial charge in [-0.15, -0.1) is 0 Å². The molecule has 2 heterocycles. The van der Waals surface area contributed by atoms with E-state index in [9.17, 15) is 37.0 Å². The normalized spacial score (nSPS) is 23.4. The summed E-state index contributed by atoms with van der Waals surface area (Å²) in [6.07, 6.45) is -5.11. The maximum atomic E-state index is 14.2. The van der Waals surface area contributed by atoms with Crippen molar-refractivity contribution in [3.05, 3.63) is 59.3 Å². The summed E-state index contributed by atoms with van der Waals surface area (Å²) >= 11 is 0. The van der Waals surface area contributed by atoms with Gasteiger partial charge in [0.1, 0.15) is 5.75 Å². The van der Waals surface area contributed by atoms with Crippen molar-refractivity contribution in [1.29, 1.82) is 0 Å². The highest BCUT2D eigenvalue weighted by Crippen LogP contribution is 2.62. The molecule has 0 amide bonds. The molecule has 1 aromatic heterocycles. The third kappa shape index (κ3) is 3.65. The van der Waals surface area contributed by atoms with Crippen LogP contribution in [-0.2, 0) is 9.53 Å². The minimum Gasteiger partial charge on any atom is -0.508 e. The van der Waals surface area contributed by atoms with E-state index >= 15 is 0 Å². The average molecular weight is 495 g/mol. The van der Waals surface area contributed by atoms with Crippen LogP contribution in [0.25, 0.3) is 16.6 Å². The first-order chi connectivity index (χ1) is 16.5. The number of fused-ring (bicyclic) bond motifs is 1. The molecule has 0 radical (unpaired) electrons. The standard InChI is InChI=1S/C25H22F5NO4/c26-18-3-1-15(9-19(18)27)31-20-4-2-16(32)10-17(20)21(22(31)13-5-7-35-8-6-13)14-11-24(12-14,23(33)34)25(28,29)30/h1-4,9-10,13-14,32H,5-8,11-12H2,(H,33,34). The predicted octanol–water partition coefficient (Wildman–Crippen LogP) is 6.02. The smallest absolute Gasteiger partial charge is 0.404 e. The Morgan fingerprint density at radius 3 is 2.29 bits per heavy atom. The Morgan fingerprint density at radius 1 is 1.00 bits per heavy atom. The number of carboxylic acid groups (broad SMARTS) is 1. The molecule has 2 N–H and O–H groups in total. The van der Waals surface area contributed by atoms with Gasteiger partial charge in [-0.1, -0.05) is 0 Å². The lowest BCUT2D eigenvalue weighted by molar-refractivity contribution is -0.256. The number of hydrogen-bond donors (Lipinski definition) is 2. The summed E-state index contributed by atoms with van der Waals surface area (Å²) in [6.45, 7) is 0.835. The van der Waals surface area contributed by atoms with E-state index in [1.165, 1.54) is 18.2 Å². The van der Waals surface area contributed by atoms with Gasteiger partial charge in [0.15, 0.2) is 17.0 Å². The molecule has 5 nitrogen and oxygen atoms in total. The molecule has 1 saturated heterocycles. The highest BCUT2D eigenvalue weighted by Gasteiger charge is 2.68. The number of phenolic OH excluding ortho intramolecular Hbond substituents is 1. The van der Waals surface area contributed by atoms with E-state index in [0.717, 1.165) is 12.1 Å². The molecule has 5 rings (SSSR count). The van der Waals surface area contributed by atoms with Crippen molar-refractivity contribution in [2.24, 2.45) is 5.41 Å². The number of halogens is 5. The second-order valence-electron chi connectivity index (χ2n) is 9.31. The number of benzene rings is 2. The Kier molecular flexibility index (Phi) is 5.54. The molecule has 1 aliphatic heterocycles. The fourth-order valence-electron chi connectivity index (χ4n) is 5.54. The summed E-state index contributed by atoms with van der Waals surface area (Å²) in [5.41, 5.74) is -0.936. The molecular formula is C25H22F5NO4. The predicted molar refractivity (Wildman–Crippen MR) is 116 cm³/mol. The summed E-state index contributed by atoms with van der Waals surface area (Å²) in [6, 6.07) is 7.80. The number of aromatic hydroxyl groups is 1. The number of ether oxygens (including phenoxy) is 1. The number of rotatable bonds is 4. The van der Waals surface area contributed by atoms with E-state index in [0.29, 0.717) is 48.2 Å². The minimum atomic E-state index is -4.92. The zero-order valence-corrected chi connectivity index (χ0v) is 18.4. The lowest BCUT2D eigenvalue weighted by Gasteiger charge is -2.46. The Morgan fingerprint density at radius 2 is 1.69 bits per heavy atom. The lowest BCUT2D eigenvalue weighted by atomic mass is 9.58. The number of alkyl halides is 3. The van der Waals surface area contributed by atoms with Crippen LogP contribution < -0.4 is 0 Å². The van der Waals surface area contributed by atoms with Crippen LogP contribution in [-0.4, -0.2) is 40.1 Å². The first-order valence-corrected chi connectivity index (χ1v) is 11.2. The van der Waals surface area contributed by atoms with Gasteiger partial charge < -0.3 is 19.5 Å². The molecule has 0 bridgehead atoms. The largest absolute Gasteiger partial charge is 0.508 e. The number of phenols is 1. The van der Waals surface area contributed by atoms with Crippen LogP contribution in [0.5, 0.6) is 5.75 Å². The number of hydrogen-bond acceptors (Lipinski definition) is 3. The molecule has 0 spiro atoms. The van der Waals surface area contributed by atoms with Gasteiger partial charge in [-0.3, -0.25) is 4.79 Å². The number of aromatic nitrogens is 1. The van der Waals surface area contributed by atoms with Gasteiger partial charge in [-0.25, -0.2) is 8.78 Å². The third-order valence-electron chi connectivity index (χ3n) is 7.35. The van der Waals surface area contributed by atoms with Crippen LogP contribution in [0.3, 0.4) is 0 Å². The van der Waals surface area contributed by atoms with E-state index in [1.54, 1.807) is 10.6 Å². The molecule has 2 aliphatic rings. The highest BCUT2D eigenvalue weighted by molar-refractivity contribution is 5.90. The fraction of sp³-hybridized carbons (Fsp3) is 0.400. The van der Waals surface area contributed by atoms with E-state index in [1.807, 2.05) is 0 Å². The van der Waals surface area contributed by atoms with Crippen molar-refractivity contribution in [3.63, 3.8) is 0 Å². The molecule has 2 aromatic carbocycles. The molecule has 0 atom stereocenters. The molecule has 186 valence electrons. The van der Waals surface area contributed by atoms with Crippen molar-refractivity contribution in [3.8, 4) is 11.4 Å². The monoisotopic (exact) mass is 495 g/mol. The molecule has 2 fully saturated rings. The van der Waals surface area contributed by atoms with Gasteiger partial charge in [0, 0.05) is 42.0 Å². The number of carboxylic acids is 1. The molecule has 10 heteroatoms. The van der Waals surface area contributed by atoms with Gasteiger partial charge in [-0.2, -0.15) is 13.2 Å². The summed E-state index contributed by atoms with van der Waals surface area (Å²) < 4.78 is 76.4. The molecule has 35 heavy (non-hydrogen) atoms. The van der Waals surface area contributed by atoms with Gasteiger partial charge >= 0.3 is 12.1 Å². The Balaban J connectivity index is 1.75. The van der Waals surface area contributed by atoms with Crippen molar-refractivity contribution >= 4 is 16.9 Å². The van der Waals surface area contributed by atoms with E-state index < -0.39 is 48.0 Å². The van der Waals surface area contributed by atoms with E-state index in [2.05, 4.69) is 0 Å². The SMILES string of the molecule is O=C(O)C1(C(F)(F)F)CC(c2c(C3CCOCC3)n(-c3ccc(F)c(F)c3)c3ccc(O)cc23)C1. The van der Waals surface area contributed by atoms with Crippen molar-refractivity contribution in [2.75, 3.05) is 13.2 Å². The second-order valence-corrected chi connectivity index (χ2v) is 9.31. The summed E-state index contributed by atoms with van der Waals surface area (Å²) in [7, 11) is 0. The van der Waals surface area contributed by atoms with Crippen LogP contribution in [0.4, 0.5) is 22.0 Å². The fourth-order valence-corrected chi connectivity index (χ4v) is 5.54. The lowest BCUT2D eigenvalue weighted by Crippen LogP contribution is -2.53. The van der Waals surface area contributed by atoms with Gasteiger partial charge in [0.05, 0.1) is 5.52 Å². The molecule has 3 aromatic rings. The molecule has 1 aliphatic carbocycles. The highest BCUT2D eigenvalue weighted by atomic mass is 19.4. The van der Waals surface area contributed by atoms with Crippen molar-refractivity contribution in [1.82, 2.24) is 4.57 Å². The van der Waals surface area contributed by atoms with Crippen LogP contribution in [0, 0.1) is 17.0 Å². The summed E-state index contributed by atoms with van der Waals surface area (Å²) in [5.74, 6) is -5.06. The molecule has 1 saturated carbocycles. The zero-order chi connectivity index (χ0) is 25.1.